The zero-order valence-electron chi connectivity index (χ0n) is 21.1. The van der Waals surface area contributed by atoms with Gasteiger partial charge in [-0.15, -0.1) is 0 Å². The number of β-amino-alcohol motifs (C(OH)–C–C–N with tert-alkyl or cyclic N) is 1. The van der Waals surface area contributed by atoms with Crippen molar-refractivity contribution in [1.82, 2.24) is 9.80 Å². The smallest absolute Gasteiger partial charge is 0.246 e. The molecule has 5 nitrogen and oxygen atoms in total. The number of nitrogens with one attached hydrogen (secondary N) is 1. The van der Waals surface area contributed by atoms with Gasteiger partial charge in [-0.25, -0.2) is 8.78 Å². The molecule has 1 amide bonds. The molecular weight excluding hydrogens is 496 g/mol. The van der Waals surface area contributed by atoms with E-state index in [1.165, 1.54) is 29.8 Å². The molecule has 2 unspecified atom stereocenters. The van der Waals surface area contributed by atoms with Gasteiger partial charge in [0.25, 0.3) is 0 Å². The van der Waals surface area contributed by atoms with E-state index in [4.69, 9.17) is 11.6 Å². The van der Waals surface area contributed by atoms with Gasteiger partial charge in [-0.3, -0.25) is 4.79 Å². The molecule has 0 saturated carbocycles. The molecule has 0 radical (unpaired) electrons. The average molecular weight is 530 g/mol. The van der Waals surface area contributed by atoms with Crippen molar-refractivity contribution in [3.8, 4) is 0 Å². The Labute approximate surface area is 222 Å². The monoisotopic (exact) mass is 529 g/mol. The lowest BCUT2D eigenvalue weighted by atomic mass is 9.67. The second kappa shape index (κ2) is 10.7. The summed E-state index contributed by atoms with van der Waals surface area (Å²) in [5.74, 6) is -0.933. The van der Waals surface area contributed by atoms with Gasteiger partial charge in [0.05, 0.1) is 6.10 Å². The molecule has 5 rings (SSSR count). The Morgan fingerprint density at radius 3 is 2.62 bits per heavy atom. The highest BCUT2D eigenvalue weighted by Crippen LogP contribution is 2.47. The van der Waals surface area contributed by atoms with Crippen molar-refractivity contribution in [2.24, 2.45) is 11.8 Å². The van der Waals surface area contributed by atoms with E-state index >= 15 is 0 Å². The number of carbonyl (C=O) groups excluding carboxylic acids is 1. The molecule has 1 spiro atoms. The summed E-state index contributed by atoms with van der Waals surface area (Å²) in [4.78, 5) is 16.7. The van der Waals surface area contributed by atoms with E-state index in [2.05, 4.69) is 23.2 Å². The van der Waals surface area contributed by atoms with Gasteiger partial charge in [0.1, 0.15) is 11.6 Å². The van der Waals surface area contributed by atoms with E-state index in [-0.39, 0.29) is 17.2 Å². The quantitative estimate of drug-likeness (QED) is 0.539. The summed E-state index contributed by atoms with van der Waals surface area (Å²) < 4.78 is 26.7. The molecule has 0 aromatic heterocycles. The summed E-state index contributed by atoms with van der Waals surface area (Å²) in [6.45, 7) is 6.87. The van der Waals surface area contributed by atoms with E-state index in [1.54, 1.807) is 4.90 Å². The molecule has 8 heteroatoms. The zero-order valence-corrected chi connectivity index (χ0v) is 21.9. The van der Waals surface area contributed by atoms with Crippen molar-refractivity contribution in [1.29, 1.82) is 0 Å². The van der Waals surface area contributed by atoms with Crippen molar-refractivity contribution in [3.63, 3.8) is 0 Å². The van der Waals surface area contributed by atoms with Crippen LogP contribution in [0.4, 0.5) is 14.5 Å². The zero-order chi connectivity index (χ0) is 26.2. The fraction of sp³-hybridized carbons (Fsp3) is 0.483. The van der Waals surface area contributed by atoms with Crippen LogP contribution in [0.3, 0.4) is 0 Å². The van der Waals surface area contributed by atoms with Gasteiger partial charge >= 0.3 is 0 Å². The van der Waals surface area contributed by atoms with Gasteiger partial charge in [-0.1, -0.05) is 24.6 Å². The van der Waals surface area contributed by atoms with Gasteiger partial charge in [0.15, 0.2) is 0 Å². The van der Waals surface area contributed by atoms with Gasteiger partial charge in [-0.05, 0) is 79.1 Å². The van der Waals surface area contributed by atoms with Gasteiger partial charge < -0.3 is 20.2 Å². The second-order valence-electron chi connectivity index (χ2n) is 10.9. The van der Waals surface area contributed by atoms with Crippen molar-refractivity contribution in [3.05, 3.63) is 70.3 Å². The van der Waals surface area contributed by atoms with Crippen molar-refractivity contribution >= 4 is 29.3 Å². The molecule has 2 aromatic rings. The summed E-state index contributed by atoms with van der Waals surface area (Å²) in [6, 6.07) is 9.35. The first-order valence-electron chi connectivity index (χ1n) is 13.1. The number of piperidine rings is 2. The van der Waals surface area contributed by atoms with Gasteiger partial charge in [-0.2, -0.15) is 0 Å². The number of aliphatic hydroxyl groups is 1. The third-order valence-corrected chi connectivity index (χ3v) is 8.84. The minimum Gasteiger partial charge on any atom is -0.392 e. The Morgan fingerprint density at radius 2 is 1.92 bits per heavy atom. The number of rotatable bonds is 5. The number of aliphatic hydroxyl groups excluding tert-OH is 1. The lowest BCUT2D eigenvalue weighted by Crippen LogP contribution is -2.52. The fourth-order valence-electron chi connectivity index (χ4n) is 6.39. The van der Waals surface area contributed by atoms with Crippen LogP contribution in [-0.4, -0.2) is 66.2 Å². The van der Waals surface area contributed by atoms with E-state index in [1.807, 2.05) is 12.1 Å². The number of fused-ring (bicyclic) bond motifs is 2. The van der Waals surface area contributed by atoms with Crippen molar-refractivity contribution in [2.45, 2.75) is 37.7 Å². The van der Waals surface area contributed by atoms with Crippen LogP contribution in [0, 0.1) is 23.5 Å². The Bertz CT molecular complexity index is 1160. The number of nitrogens with zero attached hydrogens (tertiary/aromatic N) is 2. The summed E-state index contributed by atoms with van der Waals surface area (Å²) in [5, 5.41) is 15.3. The molecule has 3 atom stereocenters. The summed E-state index contributed by atoms with van der Waals surface area (Å²) in [5.41, 5.74) is 2.93. The van der Waals surface area contributed by atoms with Crippen LogP contribution in [0.25, 0.3) is 6.08 Å². The Morgan fingerprint density at radius 1 is 1.19 bits per heavy atom. The fourth-order valence-corrected chi connectivity index (χ4v) is 6.57. The van der Waals surface area contributed by atoms with Crippen LogP contribution >= 0.6 is 11.6 Å². The Hall–Kier alpha value is -2.48. The number of benzene rings is 2. The molecule has 0 aliphatic carbocycles. The highest BCUT2D eigenvalue weighted by molar-refractivity contribution is 6.30. The van der Waals surface area contributed by atoms with Crippen LogP contribution in [0.2, 0.25) is 5.02 Å². The summed E-state index contributed by atoms with van der Waals surface area (Å²) in [6.07, 6.45) is 4.88. The number of halogens is 3. The first kappa shape index (κ1) is 26.1. The van der Waals surface area contributed by atoms with E-state index in [0.717, 1.165) is 55.7 Å². The molecule has 3 aliphatic rings. The Kier molecular flexibility index (Phi) is 7.57. The maximum atomic E-state index is 13.4. The lowest BCUT2D eigenvalue weighted by molar-refractivity contribution is -0.128. The molecule has 37 heavy (non-hydrogen) atoms. The van der Waals surface area contributed by atoms with Crippen molar-refractivity contribution in [2.75, 3.05) is 44.6 Å². The molecule has 3 aliphatic heterocycles. The second-order valence-corrected chi connectivity index (χ2v) is 11.3. The third-order valence-electron chi connectivity index (χ3n) is 8.61. The Balaban J connectivity index is 1.11. The van der Waals surface area contributed by atoms with E-state index in [9.17, 15) is 18.7 Å². The van der Waals surface area contributed by atoms with Crippen LogP contribution in [0.5, 0.6) is 0 Å². The first-order valence-corrected chi connectivity index (χ1v) is 13.5. The van der Waals surface area contributed by atoms with Gasteiger partial charge in [0, 0.05) is 61.0 Å². The molecule has 2 aromatic carbocycles. The SMILES string of the molecule is CC1CN(C[C@@H](O)C2CCN(C(=O)/C=C/c3cc(F)cc(F)c3)CC2)CCC12CNc1cc(Cl)ccc12. The molecular formula is C29H34ClF2N3O2. The predicted molar refractivity (Wildman–Crippen MR) is 143 cm³/mol. The number of carbonyl (C=O) groups is 1. The highest BCUT2D eigenvalue weighted by Gasteiger charge is 2.46. The minimum atomic E-state index is -0.671. The molecule has 2 saturated heterocycles. The lowest BCUT2D eigenvalue weighted by Gasteiger charge is -2.46. The molecule has 0 bridgehead atoms. The number of anilines is 1. The van der Waals surface area contributed by atoms with Crippen LogP contribution in [0.1, 0.15) is 37.3 Å². The van der Waals surface area contributed by atoms with Crippen LogP contribution < -0.4 is 5.32 Å². The number of likely N-dealkylation sites (tertiary alicyclic amines) is 2. The standard InChI is InChI=1S/C29H34ClF2N3O2/c1-19-16-34(11-8-29(19)18-33-26-14-22(30)3-4-25(26)29)17-27(36)21-6-9-35(10-7-21)28(37)5-2-20-12-23(31)15-24(32)13-20/h2-5,12-15,19,21,27,33,36H,6-11,16-18H2,1H3/b5-2+/t19?,27-,29?/m1/s1. The average Bonchev–Trinajstić information content (AvgIpc) is 3.23. The number of hydrogen-bond donors (Lipinski definition) is 2. The summed E-state index contributed by atoms with van der Waals surface area (Å²) >= 11 is 6.19. The maximum absolute atomic E-state index is 13.4. The van der Waals surface area contributed by atoms with Crippen molar-refractivity contribution < 1.29 is 18.7 Å². The third kappa shape index (κ3) is 5.54. The van der Waals surface area contributed by atoms with E-state index in [0.29, 0.717) is 31.1 Å². The normalized spacial score (nSPS) is 25.4. The largest absolute Gasteiger partial charge is 0.392 e. The maximum Gasteiger partial charge on any atom is 0.246 e. The van der Waals surface area contributed by atoms with Crippen LogP contribution in [0.15, 0.2) is 42.5 Å². The van der Waals surface area contributed by atoms with Crippen LogP contribution in [-0.2, 0) is 10.2 Å². The van der Waals surface area contributed by atoms with Gasteiger partial charge in [0.2, 0.25) is 5.91 Å². The molecule has 2 N–H and O–H groups in total. The first-order chi connectivity index (χ1) is 17.7. The van der Waals surface area contributed by atoms with E-state index < -0.39 is 17.7 Å². The molecule has 3 heterocycles. The molecule has 198 valence electrons. The molecule has 2 fully saturated rings. The minimum absolute atomic E-state index is 0.109. The number of hydrogen-bond acceptors (Lipinski definition) is 4. The topological polar surface area (TPSA) is 55.8 Å². The number of amides is 1. The highest BCUT2D eigenvalue weighted by atomic mass is 35.5. The predicted octanol–water partition coefficient (Wildman–Crippen LogP) is 4.94. The summed E-state index contributed by atoms with van der Waals surface area (Å²) in [7, 11) is 0.